The lowest BCUT2D eigenvalue weighted by atomic mass is 9.94. The van der Waals surface area contributed by atoms with Crippen molar-refractivity contribution >= 4 is 43.6 Å². The molecule has 18 aromatic rings. The molecule has 0 saturated carbocycles. The van der Waals surface area contributed by atoms with Crippen LogP contribution >= 0.6 is 0 Å². The Kier molecular flexibility index (Phi) is 14.6. The van der Waals surface area contributed by atoms with Crippen molar-refractivity contribution in [1.82, 2.24) is 54.0 Å². The van der Waals surface area contributed by atoms with E-state index in [-0.39, 0.29) is 0 Å². The minimum absolute atomic E-state index is 0.484. The van der Waals surface area contributed by atoms with Gasteiger partial charge < -0.3 is 9.13 Å². The van der Waals surface area contributed by atoms with E-state index < -0.39 is 0 Å². The average molecular weight is 1280 g/mol. The first-order chi connectivity index (χ1) is 49.5. The van der Waals surface area contributed by atoms with Crippen molar-refractivity contribution in [3.05, 3.63) is 333 Å². The molecule has 0 saturated heterocycles. The number of rotatable bonds is 13. The van der Waals surface area contributed by atoms with Crippen LogP contribution in [0.4, 0.5) is 0 Å². The molecule has 0 atom stereocenters. The van der Waals surface area contributed by atoms with Gasteiger partial charge in [-0.25, -0.2) is 44.9 Å². The van der Waals surface area contributed by atoms with Gasteiger partial charge in [-0.1, -0.05) is 243 Å². The molecule has 0 amide bonds. The van der Waals surface area contributed by atoms with E-state index in [1.165, 1.54) is 0 Å². The molecule has 0 bridgehead atoms. The highest BCUT2D eigenvalue weighted by molar-refractivity contribution is 6.12. The fourth-order valence-electron chi connectivity index (χ4n) is 13.5. The molecule has 13 aromatic carbocycles. The van der Waals surface area contributed by atoms with Gasteiger partial charge in [-0.2, -0.15) is 5.26 Å². The van der Waals surface area contributed by atoms with Gasteiger partial charge in [0.2, 0.25) is 0 Å². The highest BCUT2D eigenvalue weighted by Crippen LogP contribution is 2.44. The van der Waals surface area contributed by atoms with Gasteiger partial charge in [0.1, 0.15) is 0 Å². The van der Waals surface area contributed by atoms with Crippen molar-refractivity contribution < 1.29 is 0 Å². The van der Waals surface area contributed by atoms with E-state index >= 15 is 0 Å². The molecular formula is C88H54N12. The van der Waals surface area contributed by atoms with E-state index in [9.17, 15) is 5.26 Å². The van der Waals surface area contributed by atoms with Crippen molar-refractivity contribution in [2.45, 2.75) is 0 Å². The van der Waals surface area contributed by atoms with Crippen LogP contribution in [0.3, 0.4) is 0 Å². The lowest BCUT2D eigenvalue weighted by molar-refractivity contribution is 1.06. The van der Waals surface area contributed by atoms with E-state index in [1.54, 1.807) is 0 Å². The van der Waals surface area contributed by atoms with Gasteiger partial charge in [0.05, 0.1) is 45.1 Å². The smallest absolute Gasteiger partial charge is 0.166 e. The van der Waals surface area contributed by atoms with Crippen LogP contribution in [0.15, 0.2) is 328 Å². The maximum Gasteiger partial charge on any atom is 0.166 e. The molecule has 5 aromatic heterocycles. The number of benzene rings is 13. The molecule has 0 spiro atoms. The van der Waals surface area contributed by atoms with Gasteiger partial charge in [0.25, 0.3) is 0 Å². The monoisotopic (exact) mass is 1280 g/mol. The predicted octanol–water partition coefficient (Wildman–Crippen LogP) is 20.6. The third-order valence-electron chi connectivity index (χ3n) is 18.3. The van der Waals surface area contributed by atoms with Crippen LogP contribution in [0, 0.1) is 11.3 Å². The summed E-state index contributed by atoms with van der Waals surface area (Å²) in [6.07, 6.45) is 0. The second-order valence-corrected chi connectivity index (χ2v) is 24.4. The molecule has 0 unspecified atom stereocenters. The minimum atomic E-state index is 0.484. The van der Waals surface area contributed by atoms with Crippen LogP contribution in [0.5, 0.6) is 0 Å². The largest absolute Gasteiger partial charge is 0.309 e. The third kappa shape index (κ3) is 10.7. The summed E-state index contributed by atoms with van der Waals surface area (Å²) < 4.78 is 4.70. The zero-order valence-electron chi connectivity index (χ0n) is 53.5. The summed E-state index contributed by atoms with van der Waals surface area (Å²) in [5.41, 5.74) is 17.8. The van der Waals surface area contributed by atoms with Crippen LogP contribution in [0.1, 0.15) is 5.56 Å². The summed E-state index contributed by atoms with van der Waals surface area (Å²) in [6.45, 7) is 0. The predicted molar refractivity (Wildman–Crippen MR) is 400 cm³/mol. The molecule has 5 heterocycles. The summed E-state index contributed by atoms with van der Waals surface area (Å²) in [7, 11) is 0. The van der Waals surface area contributed by atoms with Crippen molar-refractivity contribution in [1.29, 1.82) is 5.26 Å². The van der Waals surface area contributed by atoms with Crippen LogP contribution in [0.25, 0.3) is 180 Å². The number of aromatic nitrogens is 11. The van der Waals surface area contributed by atoms with E-state index in [4.69, 9.17) is 44.9 Å². The molecule has 0 radical (unpaired) electrons. The van der Waals surface area contributed by atoms with Crippen molar-refractivity contribution in [3.63, 3.8) is 0 Å². The Bertz CT molecular complexity index is 6020. The lowest BCUT2D eigenvalue weighted by Crippen LogP contribution is -2.04. The fourth-order valence-corrected chi connectivity index (χ4v) is 13.5. The standard InChI is InChI=1S/C88H54N12/c89-55-56-39-41-57(42-40-56)64-43-47-76(99-74-37-21-19-35-68(74)71-53-66(45-49-77(71)99)86-93-80(58-23-7-1-8-24-58)90-81(94-86)59-25-9-2-10-26-59)70(51-64)65-44-48-79(73(52-65)88-97-84(62-31-15-5-16-32-62)92-85(98-88)63-33-17-6-18-34-63)100-75-38-22-20-36-69(75)72-54-67(46-50-78(72)100)87-95-82(60-27-11-3-12-28-60)91-83(96-87)61-29-13-4-14-30-61/h1-54H. The Morgan fingerprint density at radius 3 is 0.850 bits per heavy atom. The topological polar surface area (TPSA) is 150 Å². The van der Waals surface area contributed by atoms with Crippen LogP contribution in [-0.4, -0.2) is 54.0 Å². The number of nitriles is 1. The molecule has 466 valence electrons. The second kappa shape index (κ2) is 25.0. The van der Waals surface area contributed by atoms with Crippen molar-refractivity contribution in [2.75, 3.05) is 0 Å². The van der Waals surface area contributed by atoms with Gasteiger partial charge in [0.15, 0.2) is 52.4 Å². The molecule has 12 heteroatoms. The molecule has 0 aliphatic carbocycles. The Labute approximate surface area is 574 Å². The quantitative estimate of drug-likeness (QED) is 0.109. The average Bonchev–Trinajstić information content (AvgIpc) is 1.54. The first kappa shape index (κ1) is 58.5. The van der Waals surface area contributed by atoms with Crippen molar-refractivity contribution in [3.8, 4) is 142 Å². The zero-order valence-corrected chi connectivity index (χ0v) is 53.5. The summed E-state index contributed by atoms with van der Waals surface area (Å²) in [6, 6.07) is 114. The number of fused-ring (bicyclic) bond motifs is 6. The first-order valence-corrected chi connectivity index (χ1v) is 33.0. The highest BCUT2D eigenvalue weighted by atomic mass is 15.1. The number of nitrogens with zero attached hydrogens (tertiary/aromatic N) is 12. The molecule has 18 rings (SSSR count). The van der Waals surface area contributed by atoms with E-state index in [0.29, 0.717) is 58.0 Å². The number of hydrogen-bond donors (Lipinski definition) is 0. The second-order valence-electron chi connectivity index (χ2n) is 24.4. The molecule has 0 aliphatic heterocycles. The van der Waals surface area contributed by atoms with Crippen LogP contribution in [-0.2, 0) is 0 Å². The van der Waals surface area contributed by atoms with Crippen LogP contribution < -0.4 is 0 Å². The third-order valence-corrected chi connectivity index (χ3v) is 18.3. The summed E-state index contributed by atoms with van der Waals surface area (Å²) in [5, 5.41) is 14.1. The maximum absolute atomic E-state index is 9.96. The molecule has 0 fully saturated rings. The fraction of sp³-hybridized carbons (Fsp3) is 0. The molecule has 0 N–H and O–H groups in total. The number of hydrogen-bond acceptors (Lipinski definition) is 10. The summed E-state index contributed by atoms with van der Waals surface area (Å²) in [5.74, 6) is 5.03. The summed E-state index contributed by atoms with van der Waals surface area (Å²) in [4.78, 5) is 46.9. The van der Waals surface area contributed by atoms with Gasteiger partial charge in [-0.3, -0.25) is 0 Å². The lowest BCUT2D eigenvalue weighted by Gasteiger charge is -2.19. The molecule has 100 heavy (non-hydrogen) atoms. The SMILES string of the molecule is N#Cc1ccc(-c2ccc(-n3c4ccccc4c4cc(-c5nc(-c6ccccc6)nc(-c6ccccc6)n5)ccc43)c(-c3ccc(-n4c5ccccc5c5cc(-c6nc(-c7ccccc7)nc(-c7ccccc7)n6)ccc54)c(-c4nc(-c5ccccc5)nc(-c5ccccc5)n4)c3)c2)cc1. The minimum Gasteiger partial charge on any atom is -0.309 e. The molecule has 0 aliphatic rings. The Hall–Kier alpha value is -14.0. The first-order valence-electron chi connectivity index (χ1n) is 33.0. The van der Waals surface area contributed by atoms with E-state index in [2.05, 4.69) is 137 Å². The normalized spacial score (nSPS) is 11.4. The van der Waals surface area contributed by atoms with Gasteiger partial charge in [0, 0.05) is 77.2 Å². The zero-order chi connectivity index (χ0) is 66.5. The molecular weight excluding hydrogens is 1230 g/mol. The van der Waals surface area contributed by atoms with E-state index in [1.807, 2.05) is 206 Å². The Morgan fingerprint density at radius 1 is 0.200 bits per heavy atom. The number of para-hydroxylation sites is 2. The van der Waals surface area contributed by atoms with Crippen molar-refractivity contribution in [2.24, 2.45) is 0 Å². The Morgan fingerprint density at radius 2 is 0.480 bits per heavy atom. The van der Waals surface area contributed by atoms with Gasteiger partial charge in [-0.05, 0) is 102 Å². The molecule has 12 nitrogen and oxygen atoms in total. The van der Waals surface area contributed by atoms with Crippen LogP contribution in [0.2, 0.25) is 0 Å². The summed E-state index contributed by atoms with van der Waals surface area (Å²) >= 11 is 0. The highest BCUT2D eigenvalue weighted by Gasteiger charge is 2.25. The maximum atomic E-state index is 9.96. The Balaban J connectivity index is 0.870. The van der Waals surface area contributed by atoms with Gasteiger partial charge >= 0.3 is 0 Å². The van der Waals surface area contributed by atoms with Gasteiger partial charge in [-0.15, -0.1) is 0 Å². The van der Waals surface area contributed by atoms with E-state index in [0.717, 1.165) is 127 Å².